The number of nitrogens with zero attached hydrogens (tertiary/aromatic N) is 3. The molecule has 0 aliphatic rings. The SMILES string of the molecule is Nc1nn(C(=O)/C=C/c2cccc([N+](=O)[O-])c2)c2ccccc12. The molecule has 0 radical (unpaired) electrons. The van der Waals surface area contributed by atoms with Gasteiger partial charge in [0.25, 0.3) is 11.6 Å². The molecule has 0 amide bonds. The van der Waals surface area contributed by atoms with Gasteiger partial charge in [0.15, 0.2) is 5.82 Å². The largest absolute Gasteiger partial charge is 0.382 e. The highest BCUT2D eigenvalue weighted by molar-refractivity contribution is 6.02. The second-order valence-corrected chi connectivity index (χ2v) is 4.84. The van der Waals surface area contributed by atoms with Gasteiger partial charge in [-0.15, -0.1) is 5.10 Å². The molecule has 1 heterocycles. The van der Waals surface area contributed by atoms with Crippen molar-refractivity contribution in [1.82, 2.24) is 9.78 Å². The van der Waals surface area contributed by atoms with Crippen molar-refractivity contribution in [3.05, 3.63) is 70.3 Å². The average Bonchev–Trinajstić information content (AvgIpc) is 2.90. The van der Waals surface area contributed by atoms with E-state index >= 15 is 0 Å². The summed E-state index contributed by atoms with van der Waals surface area (Å²) >= 11 is 0. The van der Waals surface area contributed by atoms with Crippen LogP contribution in [0.1, 0.15) is 10.4 Å². The number of benzene rings is 2. The molecule has 0 bridgehead atoms. The molecule has 114 valence electrons. The Labute approximate surface area is 130 Å². The molecular formula is C16H12N4O3. The minimum atomic E-state index is -0.485. The van der Waals surface area contributed by atoms with Crippen LogP contribution in [0.2, 0.25) is 0 Å². The van der Waals surface area contributed by atoms with Gasteiger partial charge in [-0.3, -0.25) is 14.9 Å². The molecule has 1 aromatic heterocycles. The molecule has 2 N–H and O–H groups in total. The normalized spacial score (nSPS) is 11.1. The third kappa shape index (κ3) is 2.80. The Balaban J connectivity index is 1.92. The van der Waals surface area contributed by atoms with Crippen molar-refractivity contribution in [1.29, 1.82) is 0 Å². The zero-order valence-electron chi connectivity index (χ0n) is 11.9. The zero-order chi connectivity index (χ0) is 16.4. The summed E-state index contributed by atoms with van der Waals surface area (Å²) in [6.45, 7) is 0. The molecule has 7 nitrogen and oxygen atoms in total. The van der Waals surface area contributed by atoms with Crippen LogP contribution < -0.4 is 5.73 Å². The van der Waals surface area contributed by atoms with Crippen LogP contribution in [-0.4, -0.2) is 20.6 Å². The van der Waals surface area contributed by atoms with Crippen molar-refractivity contribution in [2.75, 3.05) is 5.73 Å². The number of hydrogen-bond donors (Lipinski definition) is 1. The number of rotatable bonds is 3. The van der Waals surface area contributed by atoms with Crippen molar-refractivity contribution in [3.8, 4) is 0 Å². The number of fused-ring (bicyclic) bond motifs is 1. The molecule has 23 heavy (non-hydrogen) atoms. The number of nitro benzene ring substituents is 1. The Morgan fingerprint density at radius 3 is 2.78 bits per heavy atom. The average molecular weight is 308 g/mol. The Morgan fingerprint density at radius 1 is 1.22 bits per heavy atom. The number of aromatic nitrogens is 2. The van der Waals surface area contributed by atoms with Gasteiger partial charge >= 0.3 is 0 Å². The molecular weight excluding hydrogens is 296 g/mol. The van der Waals surface area contributed by atoms with Gasteiger partial charge in [0, 0.05) is 23.6 Å². The van der Waals surface area contributed by atoms with Crippen molar-refractivity contribution in [2.45, 2.75) is 0 Å². The van der Waals surface area contributed by atoms with Crippen molar-refractivity contribution >= 4 is 34.4 Å². The molecule has 3 aromatic rings. The lowest BCUT2D eigenvalue weighted by Gasteiger charge is -1.97. The Morgan fingerprint density at radius 2 is 2.00 bits per heavy atom. The molecule has 0 aliphatic carbocycles. The van der Waals surface area contributed by atoms with Gasteiger partial charge in [-0.25, -0.2) is 0 Å². The first-order valence-corrected chi connectivity index (χ1v) is 6.76. The van der Waals surface area contributed by atoms with Gasteiger partial charge < -0.3 is 5.73 Å². The van der Waals surface area contributed by atoms with Crippen LogP contribution in [0.4, 0.5) is 11.5 Å². The highest BCUT2D eigenvalue weighted by Gasteiger charge is 2.11. The second kappa shape index (κ2) is 5.72. The van der Waals surface area contributed by atoms with E-state index < -0.39 is 4.92 Å². The number of allylic oxidation sites excluding steroid dienone is 1. The van der Waals surface area contributed by atoms with E-state index in [0.29, 0.717) is 16.5 Å². The minimum Gasteiger partial charge on any atom is -0.382 e. The number of nitro groups is 1. The van der Waals surface area contributed by atoms with Crippen LogP contribution >= 0.6 is 0 Å². The van der Waals surface area contributed by atoms with Crippen LogP contribution in [0, 0.1) is 10.1 Å². The van der Waals surface area contributed by atoms with Gasteiger partial charge in [0.1, 0.15) is 0 Å². The third-order valence-electron chi connectivity index (χ3n) is 3.32. The number of non-ortho nitro benzene ring substituents is 1. The van der Waals surface area contributed by atoms with E-state index in [9.17, 15) is 14.9 Å². The molecule has 0 saturated carbocycles. The molecule has 0 aliphatic heterocycles. The number of para-hydroxylation sites is 1. The van der Waals surface area contributed by atoms with Crippen LogP contribution in [0.3, 0.4) is 0 Å². The van der Waals surface area contributed by atoms with Gasteiger partial charge in [0.2, 0.25) is 0 Å². The maximum Gasteiger partial charge on any atom is 0.271 e. The summed E-state index contributed by atoms with van der Waals surface area (Å²) in [5.74, 6) is -0.109. The lowest BCUT2D eigenvalue weighted by atomic mass is 10.2. The van der Waals surface area contributed by atoms with Crippen molar-refractivity contribution in [3.63, 3.8) is 0 Å². The fourth-order valence-corrected chi connectivity index (χ4v) is 2.24. The van der Waals surface area contributed by atoms with Gasteiger partial charge in [-0.1, -0.05) is 24.3 Å². The van der Waals surface area contributed by atoms with Crippen LogP contribution in [0.25, 0.3) is 17.0 Å². The highest BCUT2D eigenvalue weighted by atomic mass is 16.6. The highest BCUT2D eigenvalue weighted by Crippen LogP contribution is 2.20. The number of hydrogen-bond acceptors (Lipinski definition) is 5. The van der Waals surface area contributed by atoms with Crippen LogP contribution in [0.15, 0.2) is 54.6 Å². The van der Waals surface area contributed by atoms with E-state index in [1.165, 1.54) is 29.0 Å². The van der Waals surface area contributed by atoms with E-state index in [1.54, 1.807) is 30.3 Å². The monoisotopic (exact) mass is 308 g/mol. The lowest BCUT2D eigenvalue weighted by Crippen LogP contribution is -2.09. The fourth-order valence-electron chi connectivity index (χ4n) is 2.24. The molecule has 0 unspecified atom stereocenters. The van der Waals surface area contributed by atoms with E-state index in [1.807, 2.05) is 6.07 Å². The zero-order valence-corrected chi connectivity index (χ0v) is 11.9. The Kier molecular flexibility index (Phi) is 3.60. The molecule has 7 heteroatoms. The Hall–Kier alpha value is -3.48. The summed E-state index contributed by atoms with van der Waals surface area (Å²) in [7, 11) is 0. The quantitative estimate of drug-likeness (QED) is 0.455. The summed E-state index contributed by atoms with van der Waals surface area (Å²) in [6.07, 6.45) is 2.81. The molecule has 0 fully saturated rings. The maximum atomic E-state index is 12.3. The minimum absolute atomic E-state index is 0.0339. The molecule has 0 saturated heterocycles. The lowest BCUT2D eigenvalue weighted by molar-refractivity contribution is -0.384. The summed E-state index contributed by atoms with van der Waals surface area (Å²) in [5, 5.41) is 15.5. The Bertz CT molecular complexity index is 943. The standard InChI is InChI=1S/C16H12N4O3/c17-16-13-6-1-2-7-14(13)19(18-16)15(21)9-8-11-4-3-5-12(10-11)20(22)23/h1-10H,(H2,17,18)/b9-8+. The number of carbonyl (C=O) groups excluding carboxylic acids is 1. The second-order valence-electron chi connectivity index (χ2n) is 4.84. The van der Waals surface area contributed by atoms with Crippen molar-refractivity contribution < 1.29 is 9.72 Å². The summed E-state index contributed by atoms with van der Waals surface area (Å²) < 4.78 is 1.21. The van der Waals surface area contributed by atoms with E-state index in [-0.39, 0.29) is 17.4 Å². The van der Waals surface area contributed by atoms with Crippen LogP contribution in [-0.2, 0) is 0 Å². The smallest absolute Gasteiger partial charge is 0.271 e. The van der Waals surface area contributed by atoms with Crippen molar-refractivity contribution in [2.24, 2.45) is 0 Å². The first-order chi connectivity index (χ1) is 11.1. The number of anilines is 1. The van der Waals surface area contributed by atoms with Gasteiger partial charge in [0.05, 0.1) is 10.4 Å². The van der Waals surface area contributed by atoms with Gasteiger partial charge in [-0.2, -0.15) is 4.68 Å². The summed E-state index contributed by atoms with van der Waals surface area (Å²) in [6, 6.07) is 13.1. The van der Waals surface area contributed by atoms with Crippen LogP contribution in [0.5, 0.6) is 0 Å². The first kappa shape index (κ1) is 14.5. The predicted molar refractivity (Wildman–Crippen MR) is 86.9 cm³/mol. The van der Waals surface area contributed by atoms with E-state index in [4.69, 9.17) is 5.73 Å². The van der Waals surface area contributed by atoms with Gasteiger partial charge in [-0.05, 0) is 23.8 Å². The fraction of sp³-hybridized carbons (Fsp3) is 0. The molecule has 2 aromatic carbocycles. The topological polar surface area (TPSA) is 104 Å². The number of nitrogen functional groups attached to an aromatic ring is 1. The predicted octanol–water partition coefficient (Wildman–Crippen LogP) is 2.88. The third-order valence-corrected chi connectivity index (χ3v) is 3.32. The maximum absolute atomic E-state index is 12.3. The molecule has 0 spiro atoms. The summed E-state index contributed by atoms with van der Waals surface area (Å²) in [5.41, 5.74) is 6.92. The van der Waals surface area contributed by atoms with E-state index in [2.05, 4.69) is 5.10 Å². The number of carbonyl (C=O) groups is 1. The van der Waals surface area contributed by atoms with E-state index in [0.717, 1.165) is 0 Å². The number of nitrogens with two attached hydrogens (primary N) is 1. The molecule has 3 rings (SSSR count). The summed E-state index contributed by atoms with van der Waals surface area (Å²) in [4.78, 5) is 22.6. The first-order valence-electron chi connectivity index (χ1n) is 6.76. The molecule has 0 atom stereocenters.